The van der Waals surface area contributed by atoms with Crippen LogP contribution < -0.4 is 5.32 Å². The summed E-state index contributed by atoms with van der Waals surface area (Å²) in [6.45, 7) is 1.78. The second-order valence-electron chi connectivity index (χ2n) is 4.29. The van der Waals surface area contributed by atoms with Gasteiger partial charge in [0, 0.05) is 17.4 Å². The van der Waals surface area contributed by atoms with E-state index in [2.05, 4.69) is 5.32 Å². The van der Waals surface area contributed by atoms with Gasteiger partial charge in [-0.25, -0.2) is 0 Å². The van der Waals surface area contributed by atoms with Crippen LogP contribution in [-0.2, 0) is 0 Å². The maximum Gasteiger partial charge on any atom is 0.295 e. The Kier molecular flexibility index (Phi) is 3.89. The van der Waals surface area contributed by atoms with E-state index in [1.165, 1.54) is 12.2 Å². The summed E-state index contributed by atoms with van der Waals surface area (Å²) >= 11 is 1.91. The first-order valence-corrected chi connectivity index (χ1v) is 6.92. The van der Waals surface area contributed by atoms with Gasteiger partial charge in [-0.2, -0.15) is 11.8 Å². The molecule has 5 heteroatoms. The van der Waals surface area contributed by atoms with E-state index in [1.54, 1.807) is 19.1 Å². The van der Waals surface area contributed by atoms with Crippen molar-refractivity contribution >= 4 is 23.1 Å². The summed E-state index contributed by atoms with van der Waals surface area (Å²) in [5, 5.41) is 14.4. The number of thioether (sulfide) groups is 1. The highest BCUT2D eigenvalue weighted by Crippen LogP contribution is 2.30. The third-order valence-corrected chi connectivity index (χ3v) is 4.16. The monoisotopic (exact) mass is 252 g/mol. The molecule has 1 aromatic carbocycles. The highest BCUT2D eigenvalue weighted by atomic mass is 32.2. The normalized spacial score (nSPS) is 19.9. The van der Waals surface area contributed by atoms with Crippen LogP contribution in [0.4, 0.5) is 11.4 Å². The molecule has 0 bridgehead atoms. The van der Waals surface area contributed by atoms with E-state index in [0.717, 1.165) is 12.2 Å². The molecule has 0 amide bonds. The lowest BCUT2D eigenvalue weighted by molar-refractivity contribution is -0.384. The predicted octanol–water partition coefficient (Wildman–Crippen LogP) is 3.21. The van der Waals surface area contributed by atoms with Crippen molar-refractivity contribution in [2.24, 2.45) is 0 Å². The summed E-state index contributed by atoms with van der Waals surface area (Å²) in [5.74, 6) is 2.24. The Morgan fingerprint density at radius 1 is 1.53 bits per heavy atom. The van der Waals surface area contributed by atoms with Crippen molar-refractivity contribution in [1.29, 1.82) is 0 Å². The van der Waals surface area contributed by atoms with Gasteiger partial charge in [-0.05, 0) is 31.6 Å². The van der Waals surface area contributed by atoms with Crippen LogP contribution in [0.25, 0.3) is 0 Å². The summed E-state index contributed by atoms with van der Waals surface area (Å²) in [6.07, 6.45) is 2.28. The Bertz CT molecular complexity index is 417. The zero-order valence-electron chi connectivity index (χ0n) is 9.81. The van der Waals surface area contributed by atoms with Gasteiger partial charge in [0.1, 0.15) is 5.69 Å². The molecule has 1 aliphatic heterocycles. The Morgan fingerprint density at radius 3 is 3.00 bits per heavy atom. The van der Waals surface area contributed by atoms with Crippen molar-refractivity contribution in [2.75, 3.05) is 16.8 Å². The maximum absolute atomic E-state index is 11.0. The zero-order chi connectivity index (χ0) is 12.3. The lowest BCUT2D eigenvalue weighted by atomic mass is 10.1. The molecule has 4 nitrogen and oxygen atoms in total. The lowest BCUT2D eigenvalue weighted by Gasteiger charge is -2.23. The van der Waals surface area contributed by atoms with E-state index in [9.17, 15) is 10.1 Å². The van der Waals surface area contributed by atoms with Gasteiger partial charge in [-0.1, -0.05) is 12.1 Å². The van der Waals surface area contributed by atoms with E-state index in [1.807, 2.05) is 17.8 Å². The van der Waals surface area contributed by atoms with Crippen molar-refractivity contribution in [1.82, 2.24) is 0 Å². The molecular weight excluding hydrogens is 236 g/mol. The molecule has 0 saturated carbocycles. The first-order chi connectivity index (χ1) is 8.18. The molecule has 0 aromatic heterocycles. The highest BCUT2D eigenvalue weighted by Gasteiger charge is 2.20. The minimum Gasteiger partial charge on any atom is -0.376 e. The third-order valence-electron chi connectivity index (χ3n) is 2.94. The van der Waals surface area contributed by atoms with Gasteiger partial charge in [0.15, 0.2) is 0 Å². The number of anilines is 1. The van der Waals surface area contributed by atoms with E-state index in [-0.39, 0.29) is 10.6 Å². The van der Waals surface area contributed by atoms with Crippen LogP contribution in [0, 0.1) is 17.0 Å². The molecular formula is C12H16N2O2S. The van der Waals surface area contributed by atoms with Gasteiger partial charge in [0.2, 0.25) is 0 Å². The van der Waals surface area contributed by atoms with Gasteiger partial charge >= 0.3 is 0 Å². The van der Waals surface area contributed by atoms with E-state index >= 15 is 0 Å². The Hall–Kier alpha value is -1.23. The number of nitro benzene ring substituents is 1. The quantitative estimate of drug-likeness (QED) is 0.663. The molecule has 1 N–H and O–H groups in total. The smallest absolute Gasteiger partial charge is 0.295 e. The molecule has 1 atom stereocenters. The van der Waals surface area contributed by atoms with Crippen molar-refractivity contribution in [3.63, 3.8) is 0 Å². The first-order valence-electron chi connectivity index (χ1n) is 5.77. The SMILES string of the molecule is Cc1cccc(NC2CCCSC2)c1[N+](=O)[O-]. The molecule has 0 spiro atoms. The Balaban J connectivity index is 2.19. The van der Waals surface area contributed by atoms with Crippen molar-refractivity contribution in [2.45, 2.75) is 25.8 Å². The number of hydrogen-bond acceptors (Lipinski definition) is 4. The summed E-state index contributed by atoms with van der Waals surface area (Å²) in [5.41, 5.74) is 1.58. The molecule has 92 valence electrons. The zero-order valence-corrected chi connectivity index (χ0v) is 10.6. The molecule has 0 radical (unpaired) electrons. The number of para-hydroxylation sites is 1. The molecule has 1 aromatic rings. The van der Waals surface area contributed by atoms with Crippen molar-refractivity contribution in [3.8, 4) is 0 Å². The standard InChI is InChI=1S/C12H16N2O2S/c1-9-4-2-6-11(12(9)14(15)16)13-10-5-3-7-17-8-10/h2,4,6,10,13H,3,5,7-8H2,1H3. The van der Waals surface area contributed by atoms with Gasteiger partial charge in [0.25, 0.3) is 5.69 Å². The first kappa shape index (κ1) is 12.2. The molecule has 1 aliphatic rings. The number of nitrogens with zero attached hydrogens (tertiary/aromatic N) is 1. The predicted molar refractivity (Wildman–Crippen MR) is 71.8 cm³/mol. The van der Waals surface area contributed by atoms with Gasteiger partial charge in [-0.3, -0.25) is 10.1 Å². The van der Waals surface area contributed by atoms with Crippen LogP contribution in [0.1, 0.15) is 18.4 Å². The Morgan fingerprint density at radius 2 is 2.35 bits per heavy atom. The fourth-order valence-corrected chi connectivity index (χ4v) is 3.16. The third kappa shape index (κ3) is 2.91. The molecule has 1 unspecified atom stereocenters. The fraction of sp³-hybridized carbons (Fsp3) is 0.500. The van der Waals surface area contributed by atoms with Crippen LogP contribution in [0.3, 0.4) is 0 Å². The van der Waals surface area contributed by atoms with Gasteiger partial charge < -0.3 is 5.32 Å². The van der Waals surface area contributed by atoms with E-state index in [0.29, 0.717) is 17.3 Å². The molecule has 1 fully saturated rings. The van der Waals surface area contributed by atoms with Gasteiger partial charge in [-0.15, -0.1) is 0 Å². The van der Waals surface area contributed by atoms with Crippen LogP contribution in [0.15, 0.2) is 18.2 Å². The number of rotatable bonds is 3. The molecule has 1 saturated heterocycles. The minimum absolute atomic E-state index is 0.211. The second-order valence-corrected chi connectivity index (χ2v) is 5.44. The lowest BCUT2D eigenvalue weighted by Crippen LogP contribution is -2.26. The number of nitrogens with one attached hydrogen (secondary N) is 1. The maximum atomic E-state index is 11.0. The largest absolute Gasteiger partial charge is 0.376 e. The van der Waals surface area contributed by atoms with Crippen LogP contribution in [-0.4, -0.2) is 22.5 Å². The summed E-state index contributed by atoms with van der Waals surface area (Å²) in [4.78, 5) is 10.7. The van der Waals surface area contributed by atoms with Crippen LogP contribution >= 0.6 is 11.8 Å². The highest BCUT2D eigenvalue weighted by molar-refractivity contribution is 7.99. The minimum atomic E-state index is -0.298. The van der Waals surface area contributed by atoms with Crippen molar-refractivity contribution < 1.29 is 4.92 Å². The topological polar surface area (TPSA) is 55.2 Å². The molecule has 1 heterocycles. The molecule has 0 aliphatic carbocycles. The summed E-state index contributed by atoms with van der Waals surface area (Å²) < 4.78 is 0. The fourth-order valence-electron chi connectivity index (χ4n) is 2.09. The van der Waals surface area contributed by atoms with Gasteiger partial charge in [0.05, 0.1) is 4.92 Å². The average molecular weight is 252 g/mol. The number of nitro groups is 1. The van der Waals surface area contributed by atoms with Crippen LogP contribution in [0.2, 0.25) is 0 Å². The average Bonchev–Trinajstić information content (AvgIpc) is 2.30. The van der Waals surface area contributed by atoms with Crippen LogP contribution in [0.5, 0.6) is 0 Å². The number of benzene rings is 1. The number of hydrogen-bond donors (Lipinski definition) is 1. The van der Waals surface area contributed by atoms with E-state index in [4.69, 9.17) is 0 Å². The molecule has 2 rings (SSSR count). The second kappa shape index (κ2) is 5.40. The van der Waals surface area contributed by atoms with E-state index < -0.39 is 0 Å². The van der Waals surface area contributed by atoms with Crippen molar-refractivity contribution in [3.05, 3.63) is 33.9 Å². The summed E-state index contributed by atoms with van der Waals surface area (Å²) in [6, 6.07) is 5.79. The summed E-state index contributed by atoms with van der Waals surface area (Å²) in [7, 11) is 0. The molecule has 17 heavy (non-hydrogen) atoms. The number of aryl methyl sites for hydroxylation is 1. The Labute approximate surface area is 105 Å².